The number of alkyl halides is 7. The summed E-state index contributed by atoms with van der Waals surface area (Å²) >= 11 is 0. The van der Waals surface area contributed by atoms with Crippen molar-refractivity contribution >= 4 is 11.9 Å². The van der Waals surface area contributed by atoms with Gasteiger partial charge in [-0.3, -0.25) is 5.10 Å². The van der Waals surface area contributed by atoms with Gasteiger partial charge in [0, 0.05) is 35.3 Å². The maximum atomic E-state index is 14.9. The standard InChI is InChI=1S/C21H24F2N6O2.2C2HF3O2/c1-20(2)8-15(18(22)21(3,4)29-20)31-16-6-5-13(26-27-16)17-14(30)7-11(9-24-17)12-10-25-28-19(12)23;2*3-2(4,5)1(6)7/h5-7,9-10,15,18,29-30H,8H2,1-4H3,(H,25,28);2*(H,6,7)/t15-,18-;;/m1../s1. The van der Waals surface area contributed by atoms with Crippen molar-refractivity contribution in [2.75, 3.05) is 0 Å². The number of carbonyl (C=O) groups is 2. The predicted molar refractivity (Wildman–Crippen MR) is 137 cm³/mol. The number of aromatic amines is 1. The fraction of sp³-hybridized carbons (Fsp3) is 0.440. The second-order valence-electron chi connectivity index (χ2n) is 10.5. The van der Waals surface area contributed by atoms with Crippen LogP contribution >= 0.6 is 0 Å². The van der Waals surface area contributed by atoms with Gasteiger partial charge in [-0.15, -0.1) is 10.2 Å². The van der Waals surface area contributed by atoms with E-state index >= 15 is 0 Å². The lowest BCUT2D eigenvalue weighted by Crippen LogP contribution is -2.66. The predicted octanol–water partition coefficient (Wildman–Crippen LogP) is 4.68. The molecule has 248 valence electrons. The molecule has 0 aliphatic carbocycles. The first-order valence-electron chi connectivity index (χ1n) is 12.4. The maximum Gasteiger partial charge on any atom is 0.490 e. The van der Waals surface area contributed by atoms with Gasteiger partial charge in [0.15, 0.2) is 6.17 Å². The van der Waals surface area contributed by atoms with Crippen LogP contribution in [0, 0.1) is 5.95 Å². The molecule has 0 amide bonds. The molecule has 0 bridgehead atoms. The minimum Gasteiger partial charge on any atom is -0.506 e. The zero-order chi connectivity index (χ0) is 34.5. The molecule has 1 aliphatic rings. The van der Waals surface area contributed by atoms with Crippen molar-refractivity contribution in [3.8, 4) is 34.1 Å². The first-order valence-corrected chi connectivity index (χ1v) is 12.4. The first-order chi connectivity index (χ1) is 20.4. The Morgan fingerprint density at radius 1 is 0.978 bits per heavy atom. The SMILES string of the molecule is CC1(C)C[C@@H](Oc2ccc(-c3ncc(-c4cn[nH]c4F)cc3O)nn2)[C@@H](F)C(C)(C)N1.O=C(O)C(F)(F)F.O=C(O)C(F)(F)F. The number of pyridine rings is 1. The minimum absolute atomic E-state index is 0.180. The number of ether oxygens (including phenoxy) is 1. The van der Waals surface area contributed by atoms with Crippen LogP contribution in [0.3, 0.4) is 0 Å². The van der Waals surface area contributed by atoms with Gasteiger partial charge in [-0.05, 0) is 39.8 Å². The van der Waals surface area contributed by atoms with E-state index in [9.17, 15) is 40.2 Å². The summed E-state index contributed by atoms with van der Waals surface area (Å²) in [5, 5.41) is 41.8. The van der Waals surface area contributed by atoms with Crippen molar-refractivity contribution < 1.29 is 64.8 Å². The summed E-state index contributed by atoms with van der Waals surface area (Å²) < 4.78 is 97.9. The zero-order valence-corrected chi connectivity index (χ0v) is 23.6. The Hall–Kier alpha value is -4.62. The normalized spacial score (nSPS) is 18.8. The molecule has 3 aromatic rings. The second kappa shape index (κ2) is 13.6. The number of carboxylic acids is 2. The molecule has 2 atom stereocenters. The molecule has 0 spiro atoms. The number of aromatic hydroxyl groups is 1. The molecule has 45 heavy (non-hydrogen) atoms. The molecule has 4 rings (SSSR count). The van der Waals surface area contributed by atoms with Crippen LogP contribution in [0.25, 0.3) is 22.5 Å². The van der Waals surface area contributed by atoms with Gasteiger partial charge in [0.25, 0.3) is 0 Å². The molecule has 12 nitrogen and oxygen atoms in total. The Morgan fingerprint density at radius 3 is 1.96 bits per heavy atom. The van der Waals surface area contributed by atoms with Crippen LogP contribution in [0.15, 0.2) is 30.6 Å². The molecule has 0 unspecified atom stereocenters. The molecule has 1 aliphatic heterocycles. The lowest BCUT2D eigenvalue weighted by atomic mass is 9.79. The van der Waals surface area contributed by atoms with Crippen LogP contribution in [0.2, 0.25) is 0 Å². The van der Waals surface area contributed by atoms with E-state index in [1.54, 1.807) is 26.0 Å². The first kappa shape index (κ1) is 36.6. The summed E-state index contributed by atoms with van der Waals surface area (Å²) in [6, 6.07) is 4.50. The molecule has 0 aromatic carbocycles. The maximum absolute atomic E-state index is 14.9. The van der Waals surface area contributed by atoms with Crippen LogP contribution in [-0.4, -0.2) is 88.3 Å². The number of aromatic nitrogens is 5. The van der Waals surface area contributed by atoms with Gasteiger partial charge in [0.1, 0.15) is 23.2 Å². The molecular formula is C25H26F8N6O6. The lowest BCUT2D eigenvalue weighted by molar-refractivity contribution is -0.193. The summed E-state index contributed by atoms with van der Waals surface area (Å²) in [5.74, 6) is -6.14. The molecule has 20 heteroatoms. The Bertz CT molecular complexity index is 1450. The van der Waals surface area contributed by atoms with E-state index in [0.29, 0.717) is 17.7 Å². The topological polar surface area (TPSA) is 183 Å². The number of piperidine rings is 1. The highest BCUT2D eigenvalue weighted by Crippen LogP contribution is 2.34. The summed E-state index contributed by atoms with van der Waals surface area (Å²) in [4.78, 5) is 22.0. The number of rotatable bonds is 4. The average molecular weight is 659 g/mol. The molecule has 1 fully saturated rings. The fourth-order valence-electron chi connectivity index (χ4n) is 4.10. The molecule has 1 saturated heterocycles. The molecular weight excluding hydrogens is 632 g/mol. The zero-order valence-electron chi connectivity index (χ0n) is 23.6. The van der Waals surface area contributed by atoms with E-state index < -0.39 is 48.1 Å². The third kappa shape index (κ3) is 10.2. The monoisotopic (exact) mass is 658 g/mol. The lowest BCUT2D eigenvalue weighted by Gasteiger charge is -2.48. The van der Waals surface area contributed by atoms with Crippen LogP contribution < -0.4 is 10.1 Å². The van der Waals surface area contributed by atoms with Gasteiger partial charge in [0.2, 0.25) is 11.8 Å². The molecule has 4 heterocycles. The van der Waals surface area contributed by atoms with Crippen molar-refractivity contribution in [3.63, 3.8) is 0 Å². The van der Waals surface area contributed by atoms with Crippen molar-refractivity contribution in [3.05, 3.63) is 36.5 Å². The highest BCUT2D eigenvalue weighted by atomic mass is 19.4. The second-order valence-corrected chi connectivity index (χ2v) is 10.5. The largest absolute Gasteiger partial charge is 0.506 e. The number of nitrogens with zero attached hydrogens (tertiary/aromatic N) is 4. The van der Waals surface area contributed by atoms with Crippen LogP contribution in [0.4, 0.5) is 35.1 Å². The Balaban J connectivity index is 0.000000421. The highest BCUT2D eigenvalue weighted by Gasteiger charge is 2.47. The van der Waals surface area contributed by atoms with Crippen molar-refractivity contribution in [1.29, 1.82) is 0 Å². The number of aliphatic carboxylic acids is 2. The summed E-state index contributed by atoms with van der Waals surface area (Å²) in [7, 11) is 0. The van der Waals surface area contributed by atoms with E-state index in [1.165, 1.54) is 18.5 Å². The van der Waals surface area contributed by atoms with Gasteiger partial charge in [-0.25, -0.2) is 19.0 Å². The van der Waals surface area contributed by atoms with E-state index in [4.69, 9.17) is 24.5 Å². The Morgan fingerprint density at radius 2 is 1.53 bits per heavy atom. The Kier molecular flexibility index (Phi) is 11.0. The van der Waals surface area contributed by atoms with Gasteiger partial charge >= 0.3 is 24.3 Å². The smallest absolute Gasteiger partial charge is 0.490 e. The van der Waals surface area contributed by atoms with Crippen molar-refractivity contribution in [1.82, 2.24) is 30.7 Å². The average Bonchev–Trinajstić information content (AvgIpc) is 3.32. The van der Waals surface area contributed by atoms with Crippen molar-refractivity contribution in [2.45, 2.75) is 69.8 Å². The number of nitrogens with one attached hydrogen (secondary N) is 2. The molecule has 0 saturated carbocycles. The summed E-state index contributed by atoms with van der Waals surface area (Å²) in [5.41, 5.74) is -0.00350. The highest BCUT2D eigenvalue weighted by molar-refractivity contribution is 5.73. The van der Waals surface area contributed by atoms with Gasteiger partial charge in [0.05, 0.1) is 11.8 Å². The molecule has 0 radical (unpaired) electrons. The van der Waals surface area contributed by atoms with E-state index in [0.717, 1.165) is 0 Å². The van der Waals surface area contributed by atoms with Crippen molar-refractivity contribution in [2.24, 2.45) is 0 Å². The minimum atomic E-state index is -5.08. The van der Waals surface area contributed by atoms with Crippen LogP contribution in [0.5, 0.6) is 11.6 Å². The summed E-state index contributed by atoms with van der Waals surface area (Å²) in [6.45, 7) is 7.60. The molecule has 3 aromatic heterocycles. The fourth-order valence-corrected chi connectivity index (χ4v) is 4.10. The Labute approximate surface area is 248 Å². The van der Waals surface area contributed by atoms with Crippen LogP contribution in [0.1, 0.15) is 34.1 Å². The number of carboxylic acid groups (broad SMARTS) is 2. The van der Waals surface area contributed by atoms with Crippen LogP contribution in [-0.2, 0) is 9.59 Å². The molecule has 5 N–H and O–H groups in total. The summed E-state index contributed by atoms with van der Waals surface area (Å²) in [6.07, 6.45) is -8.90. The number of halogens is 8. The van der Waals surface area contributed by atoms with Gasteiger partial charge in [-0.2, -0.15) is 35.8 Å². The quantitative estimate of drug-likeness (QED) is 0.246. The van der Waals surface area contributed by atoms with Gasteiger partial charge < -0.3 is 25.4 Å². The van der Waals surface area contributed by atoms with E-state index in [1.807, 2.05) is 13.8 Å². The van der Waals surface area contributed by atoms with E-state index in [2.05, 4.69) is 30.7 Å². The van der Waals surface area contributed by atoms with Gasteiger partial charge in [-0.1, -0.05) is 0 Å². The third-order valence-corrected chi connectivity index (χ3v) is 5.80. The van der Waals surface area contributed by atoms with E-state index in [-0.39, 0.29) is 28.4 Å². The number of hydrogen-bond acceptors (Lipinski definition) is 9. The number of H-pyrrole nitrogens is 1. The number of hydrogen-bond donors (Lipinski definition) is 5. The third-order valence-electron chi connectivity index (χ3n) is 5.80.